The Morgan fingerprint density at radius 3 is 1.88 bits per heavy atom. The fourth-order valence-corrected chi connectivity index (χ4v) is 8.08. The van der Waals surface area contributed by atoms with Crippen LogP contribution in [0.1, 0.15) is 26.7 Å². The largest absolute Gasteiger partial charge is 1.00 e. The minimum absolute atomic E-state index is 0. The third kappa shape index (κ3) is 8.40. The van der Waals surface area contributed by atoms with E-state index in [0.717, 1.165) is 6.42 Å². The van der Waals surface area contributed by atoms with E-state index >= 15 is 0 Å². The Bertz CT molecular complexity index is 1030. The van der Waals surface area contributed by atoms with Crippen molar-refractivity contribution in [3.63, 3.8) is 0 Å². The van der Waals surface area contributed by atoms with Gasteiger partial charge in [0.15, 0.2) is 0 Å². The second-order valence-electron chi connectivity index (χ2n) is 7.46. The average Bonchev–Trinajstić information content (AvgIpc) is 2.74. The van der Waals surface area contributed by atoms with Crippen molar-refractivity contribution >= 4 is 48.1 Å². The van der Waals surface area contributed by atoms with E-state index in [1.54, 1.807) is 6.92 Å². The second kappa shape index (κ2) is 13.0. The Balaban J connectivity index is 0.00000363. The van der Waals surface area contributed by atoms with E-state index in [-0.39, 0.29) is 18.9 Å². The van der Waals surface area contributed by atoms with Crippen LogP contribution in [0.25, 0.3) is 0 Å². The van der Waals surface area contributed by atoms with Crippen LogP contribution in [0.3, 0.4) is 0 Å². The van der Waals surface area contributed by atoms with Crippen LogP contribution in [-0.2, 0) is 14.6 Å². The normalized spacial score (nSPS) is 13.8. The fourth-order valence-electron chi connectivity index (χ4n) is 3.44. The molecule has 0 aliphatic heterocycles. The SMILES string of the molecule is C[C@H](CC[C@H](C)OS(=O)(=O)[O-])Pc1ccccc1P(c1ccccc1)c1ccccc1.[Li+]. The zero-order valence-corrected chi connectivity index (χ0v) is 21.4. The Kier molecular flexibility index (Phi) is 11.1. The molecule has 0 spiro atoms. The third-order valence-corrected chi connectivity index (χ3v) is 9.67. The first-order valence-corrected chi connectivity index (χ1v) is 14.0. The van der Waals surface area contributed by atoms with Gasteiger partial charge in [0, 0.05) is 0 Å². The maximum absolute atomic E-state index is 10.8. The van der Waals surface area contributed by atoms with Crippen molar-refractivity contribution in [3.05, 3.63) is 84.9 Å². The Labute approximate surface area is 206 Å². The summed E-state index contributed by atoms with van der Waals surface area (Å²) in [6, 6.07) is 29.9. The first-order chi connectivity index (χ1) is 14.8. The molecule has 0 aliphatic rings. The summed E-state index contributed by atoms with van der Waals surface area (Å²) in [4.78, 5) is 0. The summed E-state index contributed by atoms with van der Waals surface area (Å²) in [6.45, 7) is 3.80. The van der Waals surface area contributed by atoms with Gasteiger partial charge < -0.3 is 4.55 Å². The molecule has 0 N–H and O–H groups in total. The Hall–Kier alpha value is -1.01. The summed E-state index contributed by atoms with van der Waals surface area (Å²) in [5, 5.41) is 5.32. The van der Waals surface area contributed by atoms with E-state index in [1.165, 1.54) is 21.2 Å². The van der Waals surface area contributed by atoms with Gasteiger partial charge in [0.05, 0.1) is 6.10 Å². The van der Waals surface area contributed by atoms with Crippen LogP contribution in [0.4, 0.5) is 0 Å². The molecule has 0 aliphatic carbocycles. The molecule has 3 aromatic carbocycles. The van der Waals surface area contributed by atoms with Crippen molar-refractivity contribution in [2.75, 3.05) is 0 Å². The topological polar surface area (TPSA) is 66.4 Å². The van der Waals surface area contributed by atoms with Gasteiger partial charge in [-0.15, -0.1) is 0 Å². The number of rotatable bonds is 10. The van der Waals surface area contributed by atoms with Gasteiger partial charge in [0.25, 0.3) is 0 Å². The molecule has 8 heteroatoms. The Morgan fingerprint density at radius 2 is 1.34 bits per heavy atom. The molecule has 0 fully saturated rings. The van der Waals surface area contributed by atoms with Crippen molar-refractivity contribution in [3.8, 4) is 0 Å². The smallest absolute Gasteiger partial charge is 0.726 e. The predicted octanol–water partition coefficient (Wildman–Crippen LogP) is 0.787. The van der Waals surface area contributed by atoms with Crippen LogP contribution in [0, 0.1) is 0 Å². The minimum Gasteiger partial charge on any atom is -0.726 e. The average molecular weight is 480 g/mol. The van der Waals surface area contributed by atoms with Gasteiger partial charge in [-0.05, 0) is 54.6 Å². The van der Waals surface area contributed by atoms with E-state index in [2.05, 4.69) is 83.9 Å². The molecule has 3 rings (SSSR count). The van der Waals surface area contributed by atoms with E-state index in [4.69, 9.17) is 0 Å². The van der Waals surface area contributed by atoms with Gasteiger partial charge >= 0.3 is 18.9 Å². The first-order valence-electron chi connectivity index (χ1n) is 10.2. The molecule has 1 unspecified atom stereocenters. The summed E-state index contributed by atoms with van der Waals surface area (Å²) < 4.78 is 36.9. The van der Waals surface area contributed by atoms with Crippen LogP contribution < -0.4 is 40.1 Å². The number of hydrogen-bond donors (Lipinski definition) is 0. The van der Waals surface area contributed by atoms with Crippen LogP contribution in [-0.4, -0.2) is 24.7 Å². The first kappa shape index (κ1) is 27.2. The van der Waals surface area contributed by atoms with E-state index in [9.17, 15) is 13.0 Å². The fraction of sp³-hybridized carbons (Fsp3) is 0.250. The molecule has 32 heavy (non-hydrogen) atoms. The molecule has 4 nitrogen and oxygen atoms in total. The molecule has 0 bridgehead atoms. The molecular weight excluding hydrogens is 453 g/mol. The second-order valence-corrected chi connectivity index (χ2v) is 12.5. The molecule has 0 saturated carbocycles. The van der Waals surface area contributed by atoms with Gasteiger partial charge in [0.1, 0.15) is 0 Å². The molecule has 0 saturated heterocycles. The molecule has 0 radical (unpaired) electrons. The van der Waals surface area contributed by atoms with Crippen LogP contribution in [0.5, 0.6) is 0 Å². The van der Waals surface area contributed by atoms with Crippen molar-refractivity contribution in [2.24, 2.45) is 0 Å². The molecule has 3 atom stereocenters. The molecular formula is C24H27LiO4P2S. The maximum atomic E-state index is 10.8. The summed E-state index contributed by atoms with van der Waals surface area (Å²) in [5.74, 6) is 0. The molecule has 164 valence electrons. The standard InChI is InChI=1S/C24H28O4P2S.Li/c1-19(28-31(25,26)27)17-18-20(2)29-23-15-9-10-16-24(23)30(21-11-5-3-6-12-21)22-13-7-4-8-14-22;/h3-16,19-20,29H,17-18H2,1-2H3,(H,25,26,27);/q;+1/p-1/t19-,20+;/m0./s1. The maximum Gasteiger partial charge on any atom is 1.00 e. The van der Waals surface area contributed by atoms with Crippen molar-refractivity contribution in [2.45, 2.75) is 38.5 Å². The number of benzene rings is 3. The molecule has 0 amide bonds. The summed E-state index contributed by atoms with van der Waals surface area (Å²) in [7, 11) is -4.75. The van der Waals surface area contributed by atoms with Crippen LogP contribution >= 0.6 is 16.5 Å². The van der Waals surface area contributed by atoms with E-state index < -0.39 is 24.4 Å². The van der Waals surface area contributed by atoms with E-state index in [0.29, 0.717) is 20.7 Å². The van der Waals surface area contributed by atoms with Crippen LogP contribution in [0.15, 0.2) is 84.9 Å². The minimum atomic E-state index is -4.65. The predicted molar refractivity (Wildman–Crippen MR) is 132 cm³/mol. The van der Waals surface area contributed by atoms with Gasteiger partial charge in [-0.2, -0.15) is 0 Å². The monoisotopic (exact) mass is 480 g/mol. The van der Waals surface area contributed by atoms with Gasteiger partial charge in [-0.25, -0.2) is 8.42 Å². The summed E-state index contributed by atoms with van der Waals surface area (Å²) >= 11 is 0. The molecule has 0 heterocycles. The summed E-state index contributed by atoms with van der Waals surface area (Å²) in [6.07, 6.45) is 0.720. The number of hydrogen-bond acceptors (Lipinski definition) is 4. The van der Waals surface area contributed by atoms with E-state index in [1.807, 2.05) is 12.1 Å². The van der Waals surface area contributed by atoms with Gasteiger partial charge in [0.2, 0.25) is 10.4 Å². The zero-order valence-electron chi connectivity index (χ0n) is 18.6. The van der Waals surface area contributed by atoms with Crippen molar-refractivity contribution < 1.29 is 36.0 Å². The van der Waals surface area contributed by atoms with Gasteiger partial charge in [-0.3, -0.25) is 4.18 Å². The quantitative estimate of drug-likeness (QED) is 0.186. The molecule has 3 aromatic rings. The molecule has 0 aromatic heterocycles. The third-order valence-electron chi connectivity index (χ3n) is 4.86. The van der Waals surface area contributed by atoms with Crippen molar-refractivity contribution in [1.82, 2.24) is 0 Å². The van der Waals surface area contributed by atoms with Crippen LogP contribution in [0.2, 0.25) is 0 Å². The van der Waals surface area contributed by atoms with Crippen molar-refractivity contribution in [1.29, 1.82) is 0 Å². The summed E-state index contributed by atoms with van der Waals surface area (Å²) in [5.41, 5.74) is 0.352. The zero-order chi connectivity index (χ0) is 22.3. The Morgan fingerprint density at radius 1 is 0.844 bits per heavy atom. The van der Waals surface area contributed by atoms with Gasteiger partial charge in [-0.1, -0.05) is 100 Å².